The third kappa shape index (κ3) is 4.53. The summed E-state index contributed by atoms with van der Waals surface area (Å²) in [7, 11) is 0. The molecule has 4 aromatic heterocycles. The van der Waals surface area contributed by atoms with Crippen LogP contribution in [0.5, 0.6) is 0 Å². The standard InChI is InChI=1S/C48H29N5O/c54-47-37-22-11-10-21-36(37)44-34(25-26-39-45(44)53(47)46(49-39)32-18-8-3-9-19-32)33-24-27-43-38(28-33)35-20-12-13-23-42(35)52(43)48-50-40(30-14-4-1-5-15-30)29-41(51-48)31-16-6-2-7-17-31/h1-29H. The highest BCUT2D eigenvalue weighted by Crippen LogP contribution is 2.40. The molecule has 0 bridgehead atoms. The van der Waals surface area contributed by atoms with E-state index in [0.717, 1.165) is 82.8 Å². The van der Waals surface area contributed by atoms with Gasteiger partial charge in [0.1, 0.15) is 5.82 Å². The van der Waals surface area contributed by atoms with Crippen molar-refractivity contribution in [1.82, 2.24) is 23.9 Å². The van der Waals surface area contributed by atoms with Crippen molar-refractivity contribution in [1.29, 1.82) is 0 Å². The lowest BCUT2D eigenvalue weighted by Gasteiger charge is -2.13. The molecule has 0 saturated carbocycles. The molecular formula is C48H29N5O. The maximum absolute atomic E-state index is 14.2. The van der Waals surface area contributed by atoms with Gasteiger partial charge in [-0.05, 0) is 52.9 Å². The largest absolute Gasteiger partial charge is 0.278 e. The number of hydrogen-bond donors (Lipinski definition) is 0. The average Bonchev–Trinajstić information content (AvgIpc) is 3.80. The van der Waals surface area contributed by atoms with E-state index in [0.29, 0.717) is 17.2 Å². The van der Waals surface area contributed by atoms with E-state index < -0.39 is 0 Å². The van der Waals surface area contributed by atoms with Crippen LogP contribution in [-0.2, 0) is 0 Å². The van der Waals surface area contributed by atoms with Crippen molar-refractivity contribution in [2.45, 2.75) is 0 Å². The molecule has 11 aromatic rings. The minimum absolute atomic E-state index is 0.0669. The van der Waals surface area contributed by atoms with Crippen LogP contribution < -0.4 is 5.56 Å². The topological polar surface area (TPSA) is 65.1 Å². The van der Waals surface area contributed by atoms with Gasteiger partial charge in [0.15, 0.2) is 0 Å². The maximum Gasteiger partial charge on any atom is 0.264 e. The quantitative estimate of drug-likeness (QED) is 0.169. The van der Waals surface area contributed by atoms with Crippen molar-refractivity contribution in [2.75, 3.05) is 0 Å². The predicted molar refractivity (Wildman–Crippen MR) is 219 cm³/mol. The van der Waals surface area contributed by atoms with Crippen molar-refractivity contribution in [3.63, 3.8) is 0 Å². The number of nitrogens with zero attached hydrogens (tertiary/aromatic N) is 5. The number of para-hydroxylation sites is 1. The minimum atomic E-state index is -0.0669. The van der Waals surface area contributed by atoms with E-state index in [1.54, 1.807) is 4.40 Å². The van der Waals surface area contributed by atoms with Gasteiger partial charge < -0.3 is 0 Å². The molecule has 11 rings (SSSR count). The number of imidazole rings is 1. The lowest BCUT2D eigenvalue weighted by atomic mass is 9.95. The van der Waals surface area contributed by atoms with Crippen LogP contribution in [0.2, 0.25) is 0 Å². The summed E-state index contributed by atoms with van der Waals surface area (Å²) >= 11 is 0. The van der Waals surface area contributed by atoms with Crippen molar-refractivity contribution in [2.24, 2.45) is 0 Å². The van der Waals surface area contributed by atoms with Crippen molar-refractivity contribution >= 4 is 49.0 Å². The molecule has 6 heteroatoms. The van der Waals surface area contributed by atoms with Crippen LogP contribution in [0.25, 0.3) is 100.0 Å². The number of aromatic nitrogens is 5. The van der Waals surface area contributed by atoms with Gasteiger partial charge in [-0.15, -0.1) is 0 Å². The second kappa shape index (κ2) is 11.8. The maximum atomic E-state index is 14.2. The van der Waals surface area contributed by atoms with Gasteiger partial charge in [-0.1, -0.05) is 140 Å². The molecule has 0 aliphatic rings. The molecule has 0 saturated heterocycles. The number of hydrogen-bond acceptors (Lipinski definition) is 4. The number of fused-ring (bicyclic) bond motifs is 5. The van der Waals surface area contributed by atoms with Crippen LogP contribution >= 0.6 is 0 Å². The summed E-state index contributed by atoms with van der Waals surface area (Å²) in [5, 5.41) is 4.77. The molecule has 0 radical (unpaired) electrons. The summed E-state index contributed by atoms with van der Waals surface area (Å²) in [4.78, 5) is 29.6. The Kier molecular flexibility index (Phi) is 6.60. The van der Waals surface area contributed by atoms with E-state index in [2.05, 4.69) is 89.5 Å². The van der Waals surface area contributed by atoms with Gasteiger partial charge in [0.25, 0.3) is 5.56 Å². The van der Waals surface area contributed by atoms with Crippen molar-refractivity contribution in [3.8, 4) is 51.0 Å². The molecule has 252 valence electrons. The Morgan fingerprint density at radius 2 is 1.00 bits per heavy atom. The highest BCUT2D eigenvalue weighted by molar-refractivity contribution is 6.19. The summed E-state index contributed by atoms with van der Waals surface area (Å²) in [5.74, 6) is 1.25. The predicted octanol–water partition coefficient (Wildman–Crippen LogP) is 11.0. The SMILES string of the molecule is O=c1c2ccccc2c2c(-c3ccc4c(c3)c3ccccc3n4-c3nc(-c4ccccc4)cc(-c4ccccc4)n3)ccc3nc(-c4ccccc4)n1c32. The smallest absolute Gasteiger partial charge is 0.264 e. The molecule has 0 atom stereocenters. The Bertz CT molecular complexity index is 3220. The molecule has 4 heterocycles. The fraction of sp³-hybridized carbons (Fsp3) is 0. The number of pyridine rings is 1. The van der Waals surface area contributed by atoms with Gasteiger partial charge in [-0.25, -0.2) is 15.0 Å². The Labute approximate surface area is 309 Å². The molecule has 0 unspecified atom stereocenters. The van der Waals surface area contributed by atoms with Crippen LogP contribution in [0.1, 0.15) is 0 Å². The minimum Gasteiger partial charge on any atom is -0.278 e. The van der Waals surface area contributed by atoms with Gasteiger partial charge >= 0.3 is 0 Å². The zero-order valence-electron chi connectivity index (χ0n) is 28.9. The van der Waals surface area contributed by atoms with E-state index in [1.807, 2.05) is 91.0 Å². The van der Waals surface area contributed by atoms with Gasteiger partial charge in [-0.2, -0.15) is 0 Å². The van der Waals surface area contributed by atoms with Gasteiger partial charge in [0.05, 0.1) is 33.5 Å². The normalized spacial score (nSPS) is 11.8. The summed E-state index contributed by atoms with van der Waals surface area (Å²) in [6, 6.07) is 59.7. The molecule has 0 fully saturated rings. The van der Waals surface area contributed by atoms with Crippen LogP contribution in [0.4, 0.5) is 0 Å². The second-order valence-corrected chi connectivity index (χ2v) is 13.6. The molecule has 0 N–H and O–H groups in total. The third-order valence-corrected chi connectivity index (χ3v) is 10.5. The first-order valence-electron chi connectivity index (χ1n) is 18.0. The van der Waals surface area contributed by atoms with Gasteiger partial charge in [-0.3, -0.25) is 13.8 Å². The molecule has 0 amide bonds. The Balaban J connectivity index is 1.18. The summed E-state index contributed by atoms with van der Waals surface area (Å²) in [6.45, 7) is 0. The highest BCUT2D eigenvalue weighted by atomic mass is 16.1. The van der Waals surface area contributed by atoms with Gasteiger partial charge in [0, 0.05) is 38.2 Å². The van der Waals surface area contributed by atoms with E-state index in [-0.39, 0.29) is 5.56 Å². The fourth-order valence-electron chi connectivity index (χ4n) is 8.07. The molecule has 0 spiro atoms. The van der Waals surface area contributed by atoms with E-state index in [9.17, 15) is 4.79 Å². The zero-order chi connectivity index (χ0) is 35.8. The number of rotatable bonds is 5. The zero-order valence-corrected chi connectivity index (χ0v) is 28.9. The monoisotopic (exact) mass is 691 g/mol. The molecule has 7 aromatic carbocycles. The fourth-order valence-corrected chi connectivity index (χ4v) is 8.07. The van der Waals surface area contributed by atoms with E-state index >= 15 is 0 Å². The molecular weight excluding hydrogens is 663 g/mol. The van der Waals surface area contributed by atoms with Crippen LogP contribution in [0.15, 0.2) is 181 Å². The average molecular weight is 692 g/mol. The lowest BCUT2D eigenvalue weighted by molar-refractivity contribution is 0.995. The molecule has 0 aliphatic heterocycles. The first kappa shape index (κ1) is 30.2. The Morgan fingerprint density at radius 1 is 0.426 bits per heavy atom. The third-order valence-electron chi connectivity index (χ3n) is 10.5. The van der Waals surface area contributed by atoms with E-state index in [1.165, 1.54) is 0 Å². The van der Waals surface area contributed by atoms with Crippen LogP contribution in [-0.4, -0.2) is 23.9 Å². The van der Waals surface area contributed by atoms with Crippen molar-refractivity contribution in [3.05, 3.63) is 186 Å². The molecule has 0 aliphatic carbocycles. The first-order chi connectivity index (χ1) is 26.7. The summed E-state index contributed by atoms with van der Waals surface area (Å²) in [5.41, 5.74) is 10.3. The van der Waals surface area contributed by atoms with Crippen LogP contribution in [0, 0.1) is 0 Å². The number of benzene rings is 7. The van der Waals surface area contributed by atoms with Gasteiger partial charge in [0.2, 0.25) is 5.95 Å². The Hall–Kier alpha value is -7.44. The molecule has 54 heavy (non-hydrogen) atoms. The summed E-state index contributed by atoms with van der Waals surface area (Å²) in [6.07, 6.45) is 0. The summed E-state index contributed by atoms with van der Waals surface area (Å²) < 4.78 is 3.98. The second-order valence-electron chi connectivity index (χ2n) is 13.6. The van der Waals surface area contributed by atoms with Crippen LogP contribution in [0.3, 0.4) is 0 Å². The lowest BCUT2D eigenvalue weighted by Crippen LogP contribution is -2.14. The van der Waals surface area contributed by atoms with Crippen molar-refractivity contribution < 1.29 is 0 Å². The molecule has 6 nitrogen and oxygen atoms in total. The first-order valence-corrected chi connectivity index (χ1v) is 18.0. The highest BCUT2D eigenvalue weighted by Gasteiger charge is 2.22. The van der Waals surface area contributed by atoms with E-state index in [4.69, 9.17) is 15.0 Å². The Morgan fingerprint density at radius 3 is 1.69 bits per heavy atom.